The first-order valence-electron chi connectivity index (χ1n) is 6.91. The summed E-state index contributed by atoms with van der Waals surface area (Å²) in [4.78, 5) is 4.30. The number of rotatable bonds is 2. The van der Waals surface area contributed by atoms with Crippen molar-refractivity contribution >= 4 is 40.6 Å². The smallest absolute Gasteiger partial charge is 0.142 e. The van der Waals surface area contributed by atoms with Crippen LogP contribution < -0.4 is 5.73 Å². The molecular weight excluding hydrogens is 365 g/mol. The molecule has 118 valence electrons. The summed E-state index contributed by atoms with van der Waals surface area (Å²) in [6.07, 6.45) is 0. The molecule has 0 aliphatic rings. The third-order valence-corrected chi connectivity index (χ3v) is 4.30. The van der Waals surface area contributed by atoms with Crippen LogP contribution >= 0.6 is 34.8 Å². The number of nitrogens with two attached hydrogens (primary N) is 1. The predicted molar refractivity (Wildman–Crippen MR) is 99.3 cm³/mol. The van der Waals surface area contributed by atoms with E-state index in [9.17, 15) is 5.26 Å². The summed E-state index contributed by atoms with van der Waals surface area (Å²) in [6.45, 7) is 0. The van der Waals surface area contributed by atoms with E-state index >= 15 is 0 Å². The van der Waals surface area contributed by atoms with Gasteiger partial charge in [0.15, 0.2) is 0 Å². The highest BCUT2D eigenvalue weighted by molar-refractivity contribution is 6.35. The summed E-state index contributed by atoms with van der Waals surface area (Å²) < 4.78 is 0. The minimum absolute atomic E-state index is 0.126. The molecule has 0 saturated carbocycles. The molecule has 6 heteroatoms. The SMILES string of the molecule is N#Cc1c(-c2cccc(Cl)c2)cc(-c2cc(Cl)ccc2Cl)nc1N. The van der Waals surface area contributed by atoms with E-state index in [2.05, 4.69) is 11.1 Å². The van der Waals surface area contributed by atoms with Crippen LogP contribution in [-0.2, 0) is 0 Å². The first kappa shape index (κ1) is 16.6. The van der Waals surface area contributed by atoms with Gasteiger partial charge >= 0.3 is 0 Å². The van der Waals surface area contributed by atoms with Crippen LogP contribution in [0.4, 0.5) is 5.82 Å². The first-order chi connectivity index (χ1) is 11.5. The number of hydrogen-bond donors (Lipinski definition) is 1. The average Bonchev–Trinajstić information content (AvgIpc) is 2.56. The molecule has 0 amide bonds. The molecule has 0 fully saturated rings. The largest absolute Gasteiger partial charge is 0.383 e. The Morgan fingerprint density at radius 3 is 2.38 bits per heavy atom. The molecule has 0 bridgehead atoms. The second-order valence-corrected chi connectivity index (χ2v) is 6.34. The molecule has 2 N–H and O–H groups in total. The zero-order valence-corrected chi connectivity index (χ0v) is 14.5. The summed E-state index contributed by atoms with van der Waals surface area (Å²) >= 11 is 18.4. The maximum absolute atomic E-state index is 9.44. The van der Waals surface area contributed by atoms with Crippen LogP contribution in [0.15, 0.2) is 48.5 Å². The normalized spacial score (nSPS) is 10.4. The minimum Gasteiger partial charge on any atom is -0.383 e. The number of halogens is 3. The van der Waals surface area contributed by atoms with Crippen LogP contribution in [0, 0.1) is 11.3 Å². The number of nitrogen functional groups attached to an aromatic ring is 1. The summed E-state index contributed by atoms with van der Waals surface area (Å²) in [5.41, 5.74) is 8.87. The van der Waals surface area contributed by atoms with Crippen LogP contribution in [0.3, 0.4) is 0 Å². The van der Waals surface area contributed by atoms with Crippen molar-refractivity contribution in [3.8, 4) is 28.5 Å². The lowest BCUT2D eigenvalue weighted by Crippen LogP contribution is -2.00. The fourth-order valence-electron chi connectivity index (χ4n) is 2.40. The lowest BCUT2D eigenvalue weighted by molar-refractivity contribution is 1.31. The second-order valence-electron chi connectivity index (χ2n) is 5.06. The van der Waals surface area contributed by atoms with E-state index in [-0.39, 0.29) is 5.82 Å². The fourth-order valence-corrected chi connectivity index (χ4v) is 2.97. The first-order valence-corrected chi connectivity index (χ1v) is 8.05. The second kappa shape index (κ2) is 6.70. The maximum atomic E-state index is 9.44. The summed E-state index contributed by atoms with van der Waals surface area (Å²) in [5, 5.41) is 11.0. The Hall–Kier alpha value is -2.25. The fraction of sp³-hybridized carbons (Fsp3) is 0. The molecule has 0 radical (unpaired) electrons. The Labute approximate surface area is 154 Å². The van der Waals surface area contributed by atoms with E-state index in [4.69, 9.17) is 40.5 Å². The van der Waals surface area contributed by atoms with Crippen LogP contribution in [0.25, 0.3) is 22.4 Å². The van der Waals surface area contributed by atoms with Crippen molar-refractivity contribution in [3.05, 3.63) is 69.2 Å². The van der Waals surface area contributed by atoms with Crippen molar-refractivity contribution in [2.75, 3.05) is 5.73 Å². The van der Waals surface area contributed by atoms with Gasteiger partial charge in [-0.1, -0.05) is 46.9 Å². The molecular formula is C18H10Cl3N3. The number of hydrogen-bond acceptors (Lipinski definition) is 3. The number of aromatic nitrogens is 1. The van der Waals surface area contributed by atoms with Gasteiger partial charge in [-0.2, -0.15) is 5.26 Å². The molecule has 3 rings (SSSR count). The molecule has 0 aliphatic heterocycles. The molecule has 3 aromatic rings. The third kappa shape index (κ3) is 3.18. The highest BCUT2D eigenvalue weighted by Crippen LogP contribution is 2.35. The highest BCUT2D eigenvalue weighted by atomic mass is 35.5. The Morgan fingerprint density at radius 1 is 0.917 bits per heavy atom. The van der Waals surface area contributed by atoms with Crippen molar-refractivity contribution in [3.63, 3.8) is 0 Å². The standard InChI is InChI=1S/C18H10Cl3N3/c19-11-3-1-2-10(6-11)13-8-17(24-18(23)15(13)9-22)14-7-12(20)4-5-16(14)21/h1-8H,(H2,23,24). The van der Waals surface area contributed by atoms with Crippen molar-refractivity contribution in [2.45, 2.75) is 0 Å². The van der Waals surface area contributed by atoms with Gasteiger partial charge in [0.2, 0.25) is 0 Å². The van der Waals surface area contributed by atoms with E-state index in [1.165, 1.54) is 0 Å². The highest BCUT2D eigenvalue weighted by Gasteiger charge is 2.15. The van der Waals surface area contributed by atoms with Gasteiger partial charge in [-0.25, -0.2) is 4.98 Å². The number of benzene rings is 2. The Balaban J connectivity index is 2.28. The molecule has 3 nitrogen and oxygen atoms in total. The summed E-state index contributed by atoms with van der Waals surface area (Å²) in [7, 11) is 0. The molecule has 24 heavy (non-hydrogen) atoms. The van der Waals surface area contributed by atoms with Crippen LogP contribution in [-0.4, -0.2) is 4.98 Å². The van der Waals surface area contributed by atoms with Crippen LogP contribution in [0.2, 0.25) is 15.1 Å². The Bertz CT molecular complexity index is 978. The Morgan fingerprint density at radius 2 is 1.67 bits per heavy atom. The van der Waals surface area contributed by atoms with Crippen LogP contribution in [0.5, 0.6) is 0 Å². The van der Waals surface area contributed by atoms with Gasteiger partial charge in [0.05, 0.1) is 10.7 Å². The third-order valence-electron chi connectivity index (χ3n) is 3.50. The van der Waals surface area contributed by atoms with E-state index in [0.29, 0.717) is 37.5 Å². The quantitative estimate of drug-likeness (QED) is 0.614. The van der Waals surface area contributed by atoms with E-state index in [1.54, 1.807) is 36.4 Å². The molecule has 0 aliphatic carbocycles. The zero-order chi connectivity index (χ0) is 17.3. The van der Waals surface area contributed by atoms with Crippen LogP contribution in [0.1, 0.15) is 5.56 Å². The molecule has 1 aromatic heterocycles. The molecule has 0 unspecified atom stereocenters. The number of nitrogens with zero attached hydrogens (tertiary/aromatic N) is 2. The van der Waals surface area contributed by atoms with Gasteiger partial charge < -0.3 is 5.73 Å². The molecule has 0 atom stereocenters. The molecule has 0 spiro atoms. The van der Waals surface area contributed by atoms with Gasteiger partial charge in [0.1, 0.15) is 17.5 Å². The zero-order valence-electron chi connectivity index (χ0n) is 12.2. The summed E-state index contributed by atoms with van der Waals surface area (Å²) in [5.74, 6) is 0.126. The van der Waals surface area contributed by atoms with Crippen molar-refractivity contribution in [1.29, 1.82) is 5.26 Å². The van der Waals surface area contributed by atoms with Crippen molar-refractivity contribution in [2.24, 2.45) is 0 Å². The van der Waals surface area contributed by atoms with Gasteiger partial charge in [-0.05, 0) is 42.0 Å². The number of pyridine rings is 1. The van der Waals surface area contributed by atoms with E-state index in [0.717, 1.165) is 5.56 Å². The monoisotopic (exact) mass is 373 g/mol. The van der Waals surface area contributed by atoms with Gasteiger partial charge in [0, 0.05) is 21.2 Å². The van der Waals surface area contributed by atoms with Crippen molar-refractivity contribution < 1.29 is 0 Å². The maximum Gasteiger partial charge on any atom is 0.142 e. The van der Waals surface area contributed by atoms with Gasteiger partial charge in [-0.15, -0.1) is 0 Å². The molecule has 0 saturated heterocycles. The number of anilines is 1. The molecule has 1 heterocycles. The molecule has 2 aromatic carbocycles. The number of nitriles is 1. The van der Waals surface area contributed by atoms with E-state index < -0.39 is 0 Å². The predicted octanol–water partition coefficient (Wildman–Crippen LogP) is 5.83. The lowest BCUT2D eigenvalue weighted by atomic mass is 9.98. The Kier molecular flexibility index (Phi) is 4.64. The average molecular weight is 375 g/mol. The van der Waals surface area contributed by atoms with Gasteiger partial charge in [0.25, 0.3) is 0 Å². The van der Waals surface area contributed by atoms with Crippen molar-refractivity contribution in [1.82, 2.24) is 4.98 Å². The summed E-state index contributed by atoms with van der Waals surface area (Å²) in [6, 6.07) is 16.1. The van der Waals surface area contributed by atoms with E-state index in [1.807, 2.05) is 12.1 Å². The lowest BCUT2D eigenvalue weighted by Gasteiger charge is -2.11. The topological polar surface area (TPSA) is 62.7 Å². The van der Waals surface area contributed by atoms with Gasteiger partial charge in [-0.3, -0.25) is 0 Å². The minimum atomic E-state index is 0.126.